The van der Waals surface area contributed by atoms with Gasteiger partial charge < -0.3 is 10.6 Å². The molecule has 5 heteroatoms. The molecule has 1 rings (SSSR count). The van der Waals surface area contributed by atoms with Gasteiger partial charge in [0, 0.05) is 16.9 Å². The van der Waals surface area contributed by atoms with Gasteiger partial charge in [-0.15, -0.1) is 0 Å². The molecule has 88 valence electrons. The minimum atomic E-state index is -0.0665. The van der Waals surface area contributed by atoms with E-state index in [0.717, 1.165) is 11.4 Å². The number of nitrogens with zero attached hydrogens (tertiary/aromatic N) is 2. The molecule has 0 unspecified atom stereocenters. The fraction of sp³-hybridized carbons (Fsp3) is 0.545. The molecule has 1 aromatic heterocycles. The van der Waals surface area contributed by atoms with Crippen molar-refractivity contribution in [3.8, 4) is 0 Å². The fourth-order valence-electron chi connectivity index (χ4n) is 1.26. The summed E-state index contributed by atoms with van der Waals surface area (Å²) in [6, 6.07) is 1.92. The van der Waals surface area contributed by atoms with Crippen LogP contribution in [-0.2, 0) is 0 Å². The van der Waals surface area contributed by atoms with Crippen molar-refractivity contribution >= 4 is 23.3 Å². The Bertz CT molecular complexity index is 375. The number of anilines is 1. The standard InChI is InChI=1S/C11H18N4S/c1-7-6-8(2)13-9(12-7)14-10(16)15-11(3,4)5/h6H,1-5H3,(H2,12,13,14,15,16). The van der Waals surface area contributed by atoms with E-state index in [2.05, 4.69) is 20.6 Å². The predicted molar refractivity (Wildman–Crippen MR) is 70.6 cm³/mol. The first-order valence-corrected chi connectivity index (χ1v) is 5.58. The Morgan fingerprint density at radius 3 is 2.12 bits per heavy atom. The second kappa shape index (κ2) is 4.74. The number of nitrogens with one attached hydrogen (secondary N) is 2. The maximum Gasteiger partial charge on any atom is 0.229 e. The summed E-state index contributed by atoms with van der Waals surface area (Å²) >= 11 is 5.17. The zero-order chi connectivity index (χ0) is 12.3. The second-order valence-corrected chi connectivity index (χ2v) is 5.21. The molecule has 0 saturated heterocycles. The maximum absolute atomic E-state index is 5.17. The number of rotatable bonds is 1. The molecule has 0 aromatic carbocycles. The van der Waals surface area contributed by atoms with Crippen molar-refractivity contribution in [1.29, 1.82) is 0 Å². The third-order valence-electron chi connectivity index (χ3n) is 1.70. The topological polar surface area (TPSA) is 49.8 Å². The van der Waals surface area contributed by atoms with E-state index >= 15 is 0 Å². The summed E-state index contributed by atoms with van der Waals surface area (Å²) in [6.45, 7) is 10.00. The molecule has 0 saturated carbocycles. The lowest BCUT2D eigenvalue weighted by molar-refractivity contribution is 0.514. The Labute approximate surface area is 102 Å². The molecule has 0 aliphatic heterocycles. The maximum atomic E-state index is 5.17. The highest BCUT2D eigenvalue weighted by Crippen LogP contribution is 2.05. The zero-order valence-electron chi connectivity index (χ0n) is 10.4. The summed E-state index contributed by atoms with van der Waals surface area (Å²) in [5.74, 6) is 0.541. The molecule has 1 aromatic rings. The van der Waals surface area contributed by atoms with E-state index in [1.165, 1.54) is 0 Å². The molecular formula is C11H18N4S. The van der Waals surface area contributed by atoms with E-state index in [4.69, 9.17) is 12.2 Å². The van der Waals surface area contributed by atoms with Crippen LogP contribution in [0.1, 0.15) is 32.2 Å². The molecule has 0 radical (unpaired) electrons. The van der Waals surface area contributed by atoms with Crippen LogP contribution in [-0.4, -0.2) is 20.6 Å². The highest BCUT2D eigenvalue weighted by molar-refractivity contribution is 7.80. The molecule has 2 N–H and O–H groups in total. The predicted octanol–water partition coefficient (Wildman–Crippen LogP) is 2.18. The lowest BCUT2D eigenvalue weighted by Crippen LogP contribution is -2.43. The smallest absolute Gasteiger partial charge is 0.229 e. The molecule has 0 atom stereocenters. The summed E-state index contributed by atoms with van der Waals surface area (Å²) in [4.78, 5) is 8.51. The van der Waals surface area contributed by atoms with Gasteiger partial charge in [0.2, 0.25) is 5.95 Å². The van der Waals surface area contributed by atoms with Crippen LogP contribution in [0.25, 0.3) is 0 Å². The number of hydrogen-bond acceptors (Lipinski definition) is 3. The lowest BCUT2D eigenvalue weighted by Gasteiger charge is -2.22. The lowest BCUT2D eigenvalue weighted by atomic mass is 10.1. The van der Waals surface area contributed by atoms with Gasteiger partial charge in [-0.05, 0) is 52.9 Å². The van der Waals surface area contributed by atoms with Gasteiger partial charge in [0.25, 0.3) is 0 Å². The summed E-state index contributed by atoms with van der Waals surface area (Å²) < 4.78 is 0. The van der Waals surface area contributed by atoms with Gasteiger partial charge in [0.1, 0.15) is 0 Å². The van der Waals surface area contributed by atoms with Crippen molar-refractivity contribution in [2.45, 2.75) is 40.2 Å². The van der Waals surface area contributed by atoms with Crippen LogP contribution in [0.2, 0.25) is 0 Å². The monoisotopic (exact) mass is 238 g/mol. The molecule has 16 heavy (non-hydrogen) atoms. The molecule has 1 heterocycles. The van der Waals surface area contributed by atoms with Gasteiger partial charge in [0.05, 0.1) is 0 Å². The van der Waals surface area contributed by atoms with Crippen LogP contribution in [0.5, 0.6) is 0 Å². The van der Waals surface area contributed by atoms with Crippen LogP contribution < -0.4 is 10.6 Å². The average Bonchev–Trinajstić information content (AvgIpc) is 1.96. The Balaban J connectivity index is 2.70. The van der Waals surface area contributed by atoms with Crippen molar-refractivity contribution in [3.63, 3.8) is 0 Å². The number of hydrogen-bond donors (Lipinski definition) is 2. The fourth-order valence-corrected chi connectivity index (χ4v) is 1.65. The Morgan fingerprint density at radius 2 is 1.69 bits per heavy atom. The third kappa shape index (κ3) is 4.53. The summed E-state index contributed by atoms with van der Waals surface area (Å²) in [5.41, 5.74) is 1.78. The van der Waals surface area contributed by atoms with Crippen molar-refractivity contribution < 1.29 is 0 Å². The molecule has 0 amide bonds. The van der Waals surface area contributed by atoms with Crippen LogP contribution in [0, 0.1) is 13.8 Å². The van der Waals surface area contributed by atoms with E-state index in [1.807, 2.05) is 40.7 Å². The Hall–Kier alpha value is -1.23. The minimum absolute atomic E-state index is 0.0665. The van der Waals surface area contributed by atoms with Crippen LogP contribution >= 0.6 is 12.2 Å². The zero-order valence-corrected chi connectivity index (χ0v) is 11.2. The number of aryl methyl sites for hydroxylation is 2. The van der Waals surface area contributed by atoms with Gasteiger partial charge in [-0.2, -0.15) is 0 Å². The molecule has 0 bridgehead atoms. The second-order valence-electron chi connectivity index (χ2n) is 4.80. The van der Waals surface area contributed by atoms with Crippen LogP contribution in [0.3, 0.4) is 0 Å². The Morgan fingerprint density at radius 1 is 1.19 bits per heavy atom. The number of thiocarbonyl (C=S) groups is 1. The van der Waals surface area contributed by atoms with Crippen molar-refractivity contribution in [2.24, 2.45) is 0 Å². The van der Waals surface area contributed by atoms with Crippen LogP contribution in [0.4, 0.5) is 5.95 Å². The van der Waals surface area contributed by atoms with E-state index in [-0.39, 0.29) is 5.54 Å². The van der Waals surface area contributed by atoms with Gasteiger partial charge in [-0.3, -0.25) is 0 Å². The first kappa shape index (κ1) is 12.8. The van der Waals surface area contributed by atoms with E-state index in [9.17, 15) is 0 Å². The number of aromatic nitrogens is 2. The summed E-state index contributed by atoms with van der Waals surface area (Å²) in [7, 11) is 0. The van der Waals surface area contributed by atoms with Crippen molar-refractivity contribution in [3.05, 3.63) is 17.5 Å². The first-order chi connectivity index (χ1) is 7.26. The summed E-state index contributed by atoms with van der Waals surface area (Å²) in [6.07, 6.45) is 0. The van der Waals surface area contributed by atoms with Crippen molar-refractivity contribution in [2.75, 3.05) is 5.32 Å². The Kier molecular flexibility index (Phi) is 3.80. The van der Waals surface area contributed by atoms with E-state index in [0.29, 0.717) is 11.1 Å². The highest BCUT2D eigenvalue weighted by atomic mass is 32.1. The van der Waals surface area contributed by atoms with Gasteiger partial charge >= 0.3 is 0 Å². The van der Waals surface area contributed by atoms with Gasteiger partial charge in [0.15, 0.2) is 5.11 Å². The molecular weight excluding hydrogens is 220 g/mol. The molecule has 0 spiro atoms. The van der Waals surface area contributed by atoms with Gasteiger partial charge in [-0.1, -0.05) is 0 Å². The summed E-state index contributed by atoms with van der Waals surface area (Å²) in [5, 5.41) is 6.66. The minimum Gasteiger partial charge on any atom is -0.358 e. The van der Waals surface area contributed by atoms with Crippen LogP contribution in [0.15, 0.2) is 6.07 Å². The van der Waals surface area contributed by atoms with Gasteiger partial charge in [-0.25, -0.2) is 9.97 Å². The molecule has 0 aliphatic rings. The van der Waals surface area contributed by atoms with Crippen molar-refractivity contribution in [1.82, 2.24) is 15.3 Å². The quantitative estimate of drug-likeness (QED) is 0.734. The normalized spacial score (nSPS) is 11.1. The average molecular weight is 238 g/mol. The molecule has 0 aliphatic carbocycles. The van der Waals surface area contributed by atoms with E-state index < -0.39 is 0 Å². The third-order valence-corrected chi connectivity index (χ3v) is 1.90. The highest BCUT2D eigenvalue weighted by Gasteiger charge is 2.11. The largest absolute Gasteiger partial charge is 0.358 e. The first-order valence-electron chi connectivity index (χ1n) is 5.18. The molecule has 4 nitrogen and oxygen atoms in total. The van der Waals surface area contributed by atoms with E-state index in [1.54, 1.807) is 0 Å². The molecule has 0 fully saturated rings. The SMILES string of the molecule is Cc1cc(C)nc(NC(=S)NC(C)(C)C)n1.